The minimum Gasteiger partial charge on any atom is -0.360 e. The fourth-order valence-electron chi connectivity index (χ4n) is 4.50. The standard InChI is InChI=1S/C24H36N4O4S/c1-18(24(29)25-13-8-14-27(4)17-21-9-6-5-7-10-21)22-11-15-28(16-12-22)33(30,31)23-19(2)26-32-20(23)3/h5-7,9-10,18,22H,8,11-17H2,1-4H3,(H,25,29)/t18-/m0/s1. The third kappa shape index (κ3) is 6.43. The molecule has 3 rings (SSSR count). The van der Waals surface area contributed by atoms with Gasteiger partial charge in [-0.25, -0.2) is 8.42 Å². The number of rotatable bonds is 10. The Hall–Kier alpha value is -2.23. The van der Waals surface area contributed by atoms with Gasteiger partial charge in [0, 0.05) is 32.1 Å². The van der Waals surface area contributed by atoms with E-state index in [2.05, 4.69) is 34.6 Å². The van der Waals surface area contributed by atoms with E-state index in [0.29, 0.717) is 43.9 Å². The van der Waals surface area contributed by atoms with Crippen molar-refractivity contribution in [2.45, 2.75) is 51.5 Å². The lowest BCUT2D eigenvalue weighted by Crippen LogP contribution is -2.43. The molecular weight excluding hydrogens is 440 g/mol. The minimum atomic E-state index is -3.63. The van der Waals surface area contributed by atoms with Crippen LogP contribution in [0.2, 0.25) is 0 Å². The van der Waals surface area contributed by atoms with Crippen LogP contribution in [-0.4, -0.2) is 61.9 Å². The van der Waals surface area contributed by atoms with E-state index in [-0.39, 0.29) is 22.6 Å². The van der Waals surface area contributed by atoms with Gasteiger partial charge in [0.2, 0.25) is 15.9 Å². The largest absolute Gasteiger partial charge is 0.360 e. The number of hydrogen-bond donors (Lipinski definition) is 1. The van der Waals surface area contributed by atoms with Crippen molar-refractivity contribution >= 4 is 15.9 Å². The first-order valence-electron chi connectivity index (χ1n) is 11.6. The summed E-state index contributed by atoms with van der Waals surface area (Å²) in [6.45, 7) is 8.44. The average molecular weight is 477 g/mol. The first-order valence-corrected chi connectivity index (χ1v) is 13.1. The topological polar surface area (TPSA) is 95.8 Å². The number of hydrogen-bond acceptors (Lipinski definition) is 6. The molecule has 1 aliphatic heterocycles. The third-order valence-corrected chi connectivity index (χ3v) is 8.64. The number of amides is 1. The Balaban J connectivity index is 1.40. The Labute approximate surface area is 197 Å². The molecule has 0 aliphatic carbocycles. The van der Waals surface area contributed by atoms with Crippen LogP contribution in [0.5, 0.6) is 0 Å². The molecule has 8 nitrogen and oxygen atoms in total. The van der Waals surface area contributed by atoms with Crippen molar-refractivity contribution in [1.29, 1.82) is 0 Å². The van der Waals surface area contributed by atoms with Gasteiger partial charge in [-0.3, -0.25) is 4.79 Å². The molecule has 33 heavy (non-hydrogen) atoms. The van der Waals surface area contributed by atoms with Gasteiger partial charge in [-0.15, -0.1) is 0 Å². The quantitative estimate of drug-likeness (QED) is 0.530. The second-order valence-electron chi connectivity index (χ2n) is 9.05. The van der Waals surface area contributed by atoms with Gasteiger partial charge in [0.1, 0.15) is 10.6 Å². The summed E-state index contributed by atoms with van der Waals surface area (Å²) in [6, 6.07) is 10.3. The van der Waals surface area contributed by atoms with Gasteiger partial charge >= 0.3 is 0 Å². The molecule has 1 aromatic heterocycles. The Kier molecular flexibility index (Phi) is 8.67. The third-order valence-electron chi connectivity index (χ3n) is 6.50. The SMILES string of the molecule is Cc1noc(C)c1S(=O)(=O)N1CCC([C@H](C)C(=O)NCCCN(C)Cc2ccccc2)CC1. The second kappa shape index (κ2) is 11.3. The van der Waals surface area contributed by atoms with Crippen LogP contribution >= 0.6 is 0 Å². The minimum absolute atomic E-state index is 0.0488. The summed E-state index contributed by atoms with van der Waals surface area (Å²) >= 11 is 0. The van der Waals surface area contributed by atoms with Crippen molar-refractivity contribution in [2.75, 3.05) is 33.2 Å². The number of nitrogens with zero attached hydrogens (tertiary/aromatic N) is 3. The summed E-state index contributed by atoms with van der Waals surface area (Å²) in [5.41, 5.74) is 1.66. The highest BCUT2D eigenvalue weighted by molar-refractivity contribution is 7.89. The highest BCUT2D eigenvalue weighted by Crippen LogP contribution is 2.30. The second-order valence-corrected chi connectivity index (χ2v) is 10.9. The molecule has 1 saturated heterocycles. The monoisotopic (exact) mass is 476 g/mol. The number of piperidine rings is 1. The molecule has 0 bridgehead atoms. The van der Waals surface area contributed by atoms with E-state index in [0.717, 1.165) is 19.5 Å². The molecule has 1 atom stereocenters. The van der Waals surface area contributed by atoms with Crippen molar-refractivity contribution in [1.82, 2.24) is 19.7 Å². The lowest BCUT2D eigenvalue weighted by atomic mass is 9.85. The predicted molar refractivity (Wildman–Crippen MR) is 127 cm³/mol. The van der Waals surface area contributed by atoms with Crippen molar-refractivity contribution in [3.05, 3.63) is 47.3 Å². The molecule has 2 heterocycles. The molecule has 1 N–H and O–H groups in total. The summed E-state index contributed by atoms with van der Waals surface area (Å²) in [6.07, 6.45) is 2.21. The number of carbonyl (C=O) groups excluding carboxylic acids is 1. The zero-order chi connectivity index (χ0) is 24.0. The van der Waals surface area contributed by atoms with Crippen LogP contribution in [0.25, 0.3) is 0 Å². The van der Waals surface area contributed by atoms with Crippen molar-refractivity contribution < 1.29 is 17.7 Å². The predicted octanol–water partition coefficient (Wildman–Crippen LogP) is 2.97. The van der Waals surface area contributed by atoms with E-state index in [1.165, 1.54) is 9.87 Å². The summed E-state index contributed by atoms with van der Waals surface area (Å²) in [5.74, 6) is 0.391. The molecule has 0 saturated carbocycles. The summed E-state index contributed by atoms with van der Waals surface area (Å²) in [7, 11) is -1.54. The molecule has 0 unspecified atom stereocenters. The molecule has 1 aromatic carbocycles. The number of benzene rings is 1. The zero-order valence-electron chi connectivity index (χ0n) is 20.1. The van der Waals surface area contributed by atoms with Crippen molar-refractivity contribution in [2.24, 2.45) is 11.8 Å². The van der Waals surface area contributed by atoms with Gasteiger partial charge in [0.05, 0.1) is 0 Å². The summed E-state index contributed by atoms with van der Waals surface area (Å²) in [4.78, 5) is 15.1. The van der Waals surface area contributed by atoms with Crippen LogP contribution in [0.4, 0.5) is 0 Å². The number of sulfonamides is 1. The van der Waals surface area contributed by atoms with E-state index in [1.54, 1.807) is 13.8 Å². The van der Waals surface area contributed by atoms with Gasteiger partial charge in [-0.2, -0.15) is 4.31 Å². The molecule has 0 spiro atoms. The maximum absolute atomic E-state index is 13.0. The molecule has 1 amide bonds. The lowest BCUT2D eigenvalue weighted by molar-refractivity contribution is -0.126. The van der Waals surface area contributed by atoms with E-state index in [9.17, 15) is 13.2 Å². The number of aryl methyl sites for hydroxylation is 2. The maximum atomic E-state index is 13.0. The molecule has 1 fully saturated rings. The highest BCUT2D eigenvalue weighted by atomic mass is 32.2. The Morgan fingerprint density at radius 3 is 2.52 bits per heavy atom. The van der Waals surface area contributed by atoms with Gasteiger partial charge < -0.3 is 14.7 Å². The molecular formula is C24H36N4O4S. The molecule has 2 aromatic rings. The first-order chi connectivity index (χ1) is 15.7. The van der Waals surface area contributed by atoms with Crippen molar-refractivity contribution in [3.63, 3.8) is 0 Å². The smallest absolute Gasteiger partial charge is 0.248 e. The van der Waals surface area contributed by atoms with Gasteiger partial charge in [0.25, 0.3) is 0 Å². The van der Waals surface area contributed by atoms with Gasteiger partial charge in [-0.1, -0.05) is 42.4 Å². The molecule has 9 heteroatoms. The maximum Gasteiger partial charge on any atom is 0.248 e. The Bertz CT molecular complexity index is 995. The van der Waals surface area contributed by atoms with Crippen LogP contribution in [0.1, 0.15) is 43.2 Å². The number of carbonyl (C=O) groups is 1. The van der Waals surface area contributed by atoms with Crippen LogP contribution in [0, 0.1) is 25.7 Å². The Morgan fingerprint density at radius 2 is 1.91 bits per heavy atom. The van der Waals surface area contributed by atoms with Gasteiger partial charge in [0.15, 0.2) is 5.76 Å². The van der Waals surface area contributed by atoms with E-state index < -0.39 is 10.0 Å². The first kappa shape index (κ1) is 25.4. The molecule has 182 valence electrons. The van der Waals surface area contributed by atoms with Crippen LogP contribution < -0.4 is 5.32 Å². The van der Waals surface area contributed by atoms with Crippen LogP contribution in [0.15, 0.2) is 39.8 Å². The van der Waals surface area contributed by atoms with Crippen LogP contribution in [0.3, 0.4) is 0 Å². The normalized spacial score (nSPS) is 16.8. The average Bonchev–Trinajstić information content (AvgIpc) is 3.15. The van der Waals surface area contributed by atoms with E-state index in [1.807, 2.05) is 25.1 Å². The van der Waals surface area contributed by atoms with Gasteiger partial charge in [-0.05, 0) is 58.2 Å². The van der Waals surface area contributed by atoms with E-state index in [4.69, 9.17) is 4.52 Å². The Morgan fingerprint density at radius 1 is 1.24 bits per heavy atom. The fourth-order valence-corrected chi connectivity index (χ4v) is 6.26. The number of aromatic nitrogens is 1. The number of nitrogens with one attached hydrogen (secondary N) is 1. The highest BCUT2D eigenvalue weighted by Gasteiger charge is 2.36. The summed E-state index contributed by atoms with van der Waals surface area (Å²) < 4.78 is 32.5. The van der Waals surface area contributed by atoms with E-state index >= 15 is 0 Å². The zero-order valence-corrected chi connectivity index (χ0v) is 20.9. The van der Waals surface area contributed by atoms with Crippen molar-refractivity contribution in [3.8, 4) is 0 Å². The summed E-state index contributed by atoms with van der Waals surface area (Å²) in [5, 5.41) is 6.83. The molecule has 1 aliphatic rings. The van der Waals surface area contributed by atoms with Crippen LogP contribution in [-0.2, 0) is 21.4 Å². The fraction of sp³-hybridized carbons (Fsp3) is 0.583. The molecule has 0 radical (unpaired) electrons. The lowest BCUT2D eigenvalue weighted by Gasteiger charge is -2.33.